The fourth-order valence-electron chi connectivity index (χ4n) is 2.12. The lowest BCUT2D eigenvalue weighted by molar-refractivity contribution is -0.113. The number of benzene rings is 1. The zero-order chi connectivity index (χ0) is 19.8. The fraction of sp³-hybridized carbons (Fsp3) is 0.389. The molecule has 146 valence electrons. The van der Waals surface area contributed by atoms with Crippen molar-refractivity contribution in [3.8, 4) is 11.5 Å². The molecule has 27 heavy (non-hydrogen) atoms. The minimum absolute atomic E-state index is 0.0365. The number of rotatable bonds is 9. The predicted molar refractivity (Wildman–Crippen MR) is 104 cm³/mol. The maximum absolute atomic E-state index is 12.2. The number of aromatic nitrogens is 2. The first-order valence-corrected chi connectivity index (χ1v) is 9.26. The third-order valence-corrected chi connectivity index (χ3v) is 4.22. The summed E-state index contributed by atoms with van der Waals surface area (Å²) in [6.45, 7) is 4.05. The summed E-state index contributed by atoms with van der Waals surface area (Å²) < 4.78 is 15.8. The Morgan fingerprint density at radius 3 is 2.63 bits per heavy atom. The molecule has 0 atom stereocenters. The number of anilines is 1. The van der Waals surface area contributed by atoms with E-state index in [2.05, 4.69) is 15.3 Å². The maximum atomic E-state index is 12.2. The molecule has 0 spiro atoms. The third kappa shape index (κ3) is 6.61. The highest BCUT2D eigenvalue weighted by Gasteiger charge is 2.10. The predicted octanol–water partition coefficient (Wildman–Crippen LogP) is 2.44. The Bertz CT molecular complexity index is 838. The number of thioether (sulfide) groups is 1. The molecule has 0 bridgehead atoms. The van der Waals surface area contributed by atoms with Crippen LogP contribution in [0.2, 0.25) is 0 Å². The summed E-state index contributed by atoms with van der Waals surface area (Å²) in [7, 11) is 3.07. The normalized spacial score (nSPS) is 10.7. The molecule has 0 unspecified atom stereocenters. The van der Waals surface area contributed by atoms with Gasteiger partial charge in [0, 0.05) is 17.8 Å². The number of amides is 1. The minimum Gasteiger partial charge on any atom is -0.493 e. The van der Waals surface area contributed by atoms with Gasteiger partial charge in [-0.05, 0) is 26.0 Å². The standard InChI is InChI=1S/C18H23N3O5S/c1-11(2)26-9-13-8-16(22)21-18(20-13)27-10-17(23)19-12-5-6-14(24-3)15(7-12)25-4/h5-8,11H,9-10H2,1-4H3,(H,19,23)(H,20,21,22). The van der Waals surface area contributed by atoms with Crippen LogP contribution in [0.25, 0.3) is 0 Å². The van der Waals surface area contributed by atoms with Crippen LogP contribution in [0.1, 0.15) is 19.5 Å². The topological polar surface area (TPSA) is 103 Å². The van der Waals surface area contributed by atoms with Gasteiger partial charge in [-0.25, -0.2) is 4.98 Å². The van der Waals surface area contributed by atoms with Crippen LogP contribution in [0.3, 0.4) is 0 Å². The molecule has 2 rings (SSSR count). The maximum Gasteiger partial charge on any atom is 0.251 e. The summed E-state index contributed by atoms with van der Waals surface area (Å²) in [5.41, 5.74) is 0.823. The van der Waals surface area contributed by atoms with Gasteiger partial charge >= 0.3 is 0 Å². The first kappa shape index (κ1) is 20.8. The van der Waals surface area contributed by atoms with Gasteiger partial charge in [-0.3, -0.25) is 9.59 Å². The second-order valence-corrected chi connectivity index (χ2v) is 6.77. The molecule has 0 aliphatic heterocycles. The Hall–Kier alpha value is -2.52. The Balaban J connectivity index is 1.96. The molecule has 0 radical (unpaired) electrons. The average Bonchev–Trinajstić information content (AvgIpc) is 2.64. The van der Waals surface area contributed by atoms with E-state index in [4.69, 9.17) is 14.2 Å². The monoisotopic (exact) mass is 393 g/mol. The van der Waals surface area contributed by atoms with Crippen molar-refractivity contribution in [2.45, 2.75) is 31.7 Å². The molecule has 9 heteroatoms. The Morgan fingerprint density at radius 2 is 1.96 bits per heavy atom. The summed E-state index contributed by atoms with van der Waals surface area (Å²) in [6.07, 6.45) is 0.0365. The van der Waals surface area contributed by atoms with Gasteiger partial charge in [-0.15, -0.1) is 0 Å². The molecule has 2 N–H and O–H groups in total. The van der Waals surface area contributed by atoms with Crippen molar-refractivity contribution < 1.29 is 19.0 Å². The molecule has 1 heterocycles. The SMILES string of the molecule is COc1ccc(NC(=O)CSc2nc(COC(C)C)cc(=O)[nH]2)cc1OC. The van der Waals surface area contributed by atoms with Gasteiger partial charge in [-0.2, -0.15) is 0 Å². The second-order valence-electron chi connectivity index (χ2n) is 5.81. The van der Waals surface area contributed by atoms with Crippen molar-refractivity contribution in [1.82, 2.24) is 9.97 Å². The van der Waals surface area contributed by atoms with E-state index in [0.717, 1.165) is 11.8 Å². The molecule has 0 fully saturated rings. The molecule has 0 aliphatic rings. The average molecular weight is 393 g/mol. The Kier molecular flexibility index (Phi) is 7.68. The van der Waals surface area contributed by atoms with E-state index >= 15 is 0 Å². The summed E-state index contributed by atoms with van der Waals surface area (Å²) in [5.74, 6) is 0.948. The summed E-state index contributed by atoms with van der Waals surface area (Å²) in [4.78, 5) is 30.8. The fourth-order valence-corrected chi connectivity index (χ4v) is 2.82. The molecule has 1 aromatic heterocycles. The molecular weight excluding hydrogens is 370 g/mol. The number of hydrogen-bond acceptors (Lipinski definition) is 7. The largest absolute Gasteiger partial charge is 0.493 e. The molecule has 0 saturated heterocycles. The third-order valence-electron chi connectivity index (χ3n) is 3.34. The lowest BCUT2D eigenvalue weighted by atomic mass is 10.2. The zero-order valence-corrected chi connectivity index (χ0v) is 16.5. The van der Waals surface area contributed by atoms with Crippen LogP contribution in [0.5, 0.6) is 11.5 Å². The number of nitrogens with one attached hydrogen (secondary N) is 2. The number of carbonyl (C=O) groups is 1. The number of hydrogen-bond donors (Lipinski definition) is 2. The van der Waals surface area contributed by atoms with Crippen LogP contribution in [0, 0.1) is 0 Å². The number of nitrogens with zero attached hydrogens (tertiary/aromatic N) is 1. The second kappa shape index (κ2) is 9.98. The van der Waals surface area contributed by atoms with E-state index in [1.165, 1.54) is 13.2 Å². The van der Waals surface area contributed by atoms with Crippen LogP contribution in [0.4, 0.5) is 5.69 Å². The van der Waals surface area contributed by atoms with Gasteiger partial charge in [0.25, 0.3) is 5.56 Å². The minimum atomic E-state index is -0.282. The zero-order valence-electron chi connectivity index (χ0n) is 15.7. The van der Waals surface area contributed by atoms with Gasteiger partial charge in [0.1, 0.15) is 0 Å². The van der Waals surface area contributed by atoms with Crippen molar-refractivity contribution in [3.05, 3.63) is 40.3 Å². The molecule has 8 nitrogen and oxygen atoms in total. The Labute approximate surface area is 161 Å². The van der Waals surface area contributed by atoms with Crippen LogP contribution in [-0.4, -0.2) is 42.0 Å². The molecule has 1 aromatic carbocycles. The van der Waals surface area contributed by atoms with E-state index < -0.39 is 0 Å². The molecular formula is C18H23N3O5S. The number of carbonyl (C=O) groups excluding carboxylic acids is 1. The van der Waals surface area contributed by atoms with Gasteiger partial charge in [0.2, 0.25) is 5.91 Å². The summed E-state index contributed by atoms with van der Waals surface area (Å²) in [6, 6.07) is 6.48. The van der Waals surface area contributed by atoms with Gasteiger partial charge in [0.15, 0.2) is 16.7 Å². The number of H-pyrrole nitrogens is 1. The molecule has 0 saturated carbocycles. The van der Waals surface area contributed by atoms with E-state index in [0.29, 0.717) is 28.0 Å². The van der Waals surface area contributed by atoms with E-state index in [1.54, 1.807) is 25.3 Å². The highest BCUT2D eigenvalue weighted by molar-refractivity contribution is 7.99. The number of methoxy groups -OCH3 is 2. The highest BCUT2D eigenvalue weighted by atomic mass is 32.2. The highest BCUT2D eigenvalue weighted by Crippen LogP contribution is 2.29. The number of ether oxygens (including phenoxy) is 3. The van der Waals surface area contributed by atoms with Crippen LogP contribution < -0.4 is 20.3 Å². The smallest absolute Gasteiger partial charge is 0.251 e. The quantitative estimate of drug-likeness (QED) is 0.498. The van der Waals surface area contributed by atoms with Crippen LogP contribution >= 0.6 is 11.8 Å². The lowest BCUT2D eigenvalue weighted by Gasteiger charge is -2.10. The number of aromatic amines is 1. The summed E-state index contributed by atoms with van der Waals surface area (Å²) in [5, 5.41) is 3.14. The lowest BCUT2D eigenvalue weighted by Crippen LogP contribution is -2.16. The summed E-state index contributed by atoms with van der Waals surface area (Å²) >= 11 is 1.14. The molecule has 1 amide bonds. The van der Waals surface area contributed by atoms with Crippen LogP contribution in [0.15, 0.2) is 34.2 Å². The van der Waals surface area contributed by atoms with E-state index in [1.807, 2.05) is 13.8 Å². The van der Waals surface area contributed by atoms with Crippen molar-refractivity contribution in [3.63, 3.8) is 0 Å². The van der Waals surface area contributed by atoms with Gasteiger partial charge < -0.3 is 24.5 Å². The first-order chi connectivity index (χ1) is 12.9. The van der Waals surface area contributed by atoms with Gasteiger partial charge in [0.05, 0.1) is 38.4 Å². The first-order valence-electron chi connectivity index (χ1n) is 8.27. The van der Waals surface area contributed by atoms with Crippen LogP contribution in [-0.2, 0) is 16.1 Å². The van der Waals surface area contributed by atoms with E-state index in [-0.39, 0.29) is 29.9 Å². The molecule has 0 aliphatic carbocycles. The van der Waals surface area contributed by atoms with E-state index in [9.17, 15) is 9.59 Å². The molecule has 2 aromatic rings. The Morgan fingerprint density at radius 1 is 1.22 bits per heavy atom. The van der Waals surface area contributed by atoms with Crippen molar-refractivity contribution >= 4 is 23.4 Å². The van der Waals surface area contributed by atoms with Crippen molar-refractivity contribution in [1.29, 1.82) is 0 Å². The van der Waals surface area contributed by atoms with Gasteiger partial charge in [-0.1, -0.05) is 11.8 Å². The van der Waals surface area contributed by atoms with Crippen molar-refractivity contribution in [2.75, 3.05) is 25.3 Å². The van der Waals surface area contributed by atoms with Crippen molar-refractivity contribution in [2.24, 2.45) is 0 Å².